The minimum Gasteiger partial charge on any atom is -0.453 e. The van der Waals surface area contributed by atoms with E-state index >= 15 is 4.39 Å². The Morgan fingerprint density at radius 3 is 2.22 bits per heavy atom. The lowest BCUT2D eigenvalue weighted by molar-refractivity contribution is -0.275. The van der Waals surface area contributed by atoms with Crippen molar-refractivity contribution in [2.75, 3.05) is 50.2 Å². The van der Waals surface area contributed by atoms with Crippen LogP contribution < -0.4 is 20.3 Å². The van der Waals surface area contributed by atoms with Crippen LogP contribution in [0.5, 0.6) is 5.75 Å². The van der Waals surface area contributed by atoms with Crippen molar-refractivity contribution in [1.29, 1.82) is 0 Å². The number of aromatic nitrogens is 3. The van der Waals surface area contributed by atoms with Gasteiger partial charge < -0.3 is 44.5 Å². The van der Waals surface area contributed by atoms with Gasteiger partial charge in [-0.3, -0.25) is 14.4 Å². The number of carbonyl (C=O) groups excluding carboxylic acids is 4. The molecule has 2 aromatic carbocycles. The van der Waals surface area contributed by atoms with Crippen molar-refractivity contribution in [3.63, 3.8) is 0 Å². The van der Waals surface area contributed by atoms with Crippen LogP contribution in [0.4, 0.5) is 33.9 Å². The first-order chi connectivity index (χ1) is 30.8. The molecule has 0 spiro atoms. The van der Waals surface area contributed by atoms with Gasteiger partial charge in [-0.05, 0) is 80.8 Å². The van der Waals surface area contributed by atoms with Gasteiger partial charge in [-0.1, -0.05) is 45.0 Å². The molecule has 3 fully saturated rings. The lowest BCUT2D eigenvalue weighted by Crippen LogP contribution is -2.56. The highest BCUT2D eigenvalue weighted by molar-refractivity contribution is 6.05. The van der Waals surface area contributed by atoms with E-state index in [-0.39, 0.29) is 46.6 Å². The van der Waals surface area contributed by atoms with Crippen molar-refractivity contribution in [1.82, 2.24) is 30.1 Å². The molecule has 0 bridgehead atoms. The van der Waals surface area contributed by atoms with Crippen molar-refractivity contribution in [2.45, 2.75) is 90.8 Å². The minimum atomic E-state index is -5.29. The average Bonchev–Trinajstić information content (AvgIpc) is 3.92. The monoisotopic (exact) mass is 906 g/mol. The van der Waals surface area contributed by atoms with E-state index in [0.717, 1.165) is 6.07 Å². The Labute approximate surface area is 374 Å². The second-order valence-electron chi connectivity index (χ2n) is 17.8. The largest absolute Gasteiger partial charge is 0.573 e. The third-order valence-electron chi connectivity index (χ3n) is 12.2. The number of methoxy groups -OCH3 is 1. The Morgan fingerprint density at radius 2 is 1.58 bits per heavy atom. The molecular formula is C46H54F4N8O7. The fourth-order valence-corrected chi connectivity index (χ4v) is 8.84. The van der Waals surface area contributed by atoms with E-state index in [4.69, 9.17) is 9.47 Å². The normalized spacial score (nSPS) is 20.0. The van der Waals surface area contributed by atoms with Crippen molar-refractivity contribution in [2.24, 2.45) is 11.3 Å². The summed E-state index contributed by atoms with van der Waals surface area (Å²) in [6, 6.07) is 10.3. The molecule has 4 aromatic rings. The molecule has 0 aliphatic carbocycles. The molecule has 2 aromatic heterocycles. The molecule has 0 radical (unpaired) electrons. The quantitative estimate of drug-likeness (QED) is 0.134. The summed E-state index contributed by atoms with van der Waals surface area (Å²) in [6.07, 6.45) is -0.520. The highest BCUT2D eigenvalue weighted by atomic mass is 19.4. The molecule has 5 heterocycles. The molecule has 4 unspecified atom stereocenters. The lowest BCUT2D eigenvalue weighted by Gasteiger charge is -2.42. The summed E-state index contributed by atoms with van der Waals surface area (Å²) in [5.74, 6) is -2.90. The molecule has 3 aliphatic heterocycles. The number of hydrogen-bond donors (Lipinski definition) is 3. The predicted molar refractivity (Wildman–Crippen MR) is 232 cm³/mol. The molecule has 3 aliphatic rings. The zero-order valence-electron chi connectivity index (χ0n) is 37.1. The summed E-state index contributed by atoms with van der Waals surface area (Å²) < 4.78 is 71.9. The third-order valence-corrected chi connectivity index (χ3v) is 12.2. The number of likely N-dealkylation sites (tertiary alicyclic amines) is 1. The highest BCUT2D eigenvalue weighted by Gasteiger charge is 2.43. The van der Waals surface area contributed by atoms with Crippen LogP contribution in [0.3, 0.4) is 0 Å². The molecule has 4 amide bonds. The first-order valence-electron chi connectivity index (χ1n) is 21.6. The number of carbonyl (C=O) groups is 4. The molecule has 348 valence electrons. The van der Waals surface area contributed by atoms with Crippen LogP contribution >= 0.6 is 0 Å². The second kappa shape index (κ2) is 19.1. The van der Waals surface area contributed by atoms with Crippen LogP contribution in [0.25, 0.3) is 22.4 Å². The predicted octanol–water partition coefficient (Wildman–Crippen LogP) is 7.72. The van der Waals surface area contributed by atoms with E-state index in [1.807, 2.05) is 44.4 Å². The number of rotatable bonds is 10. The number of pyridine rings is 1. The molecular weight excluding hydrogens is 853 g/mol. The van der Waals surface area contributed by atoms with E-state index in [1.54, 1.807) is 35.4 Å². The van der Waals surface area contributed by atoms with Crippen LogP contribution in [-0.2, 0) is 19.1 Å². The number of ether oxygens (including phenoxy) is 3. The number of halogens is 4. The number of aromatic amines is 1. The summed E-state index contributed by atoms with van der Waals surface area (Å²) in [6.45, 7) is 12.0. The van der Waals surface area contributed by atoms with Crippen LogP contribution in [-0.4, -0.2) is 113 Å². The third kappa shape index (κ3) is 10.5. The first-order valence-corrected chi connectivity index (χ1v) is 21.6. The Kier molecular flexibility index (Phi) is 13.7. The molecule has 7 rings (SSSR count). The number of nitrogens with one attached hydrogen (secondary N) is 3. The summed E-state index contributed by atoms with van der Waals surface area (Å²) in [5.41, 5.74) is 0.0912. The van der Waals surface area contributed by atoms with E-state index in [0.29, 0.717) is 81.4 Å². The molecule has 0 saturated carbocycles. The van der Waals surface area contributed by atoms with Gasteiger partial charge in [0.15, 0.2) is 11.6 Å². The Hall–Kier alpha value is -6.24. The van der Waals surface area contributed by atoms with Gasteiger partial charge in [0, 0.05) is 55.9 Å². The molecule has 65 heavy (non-hydrogen) atoms. The van der Waals surface area contributed by atoms with Crippen molar-refractivity contribution in [3.05, 3.63) is 78.1 Å². The standard InChI is InChI=1S/C46H54F4N8O7/c1-26-7-15-35(58(26)42(60)38(55-44(62)63-6)30-17-21-64-22-18-30)40-52-24-34(54-40)29-10-8-28(9-11-29)32-13-14-33(37(47)39(32)65-46(48,49)50)41(59)53-31-12-16-36(51-23-31)57-20-19-56(25-27(57)2)43(61)45(3,4)5/h8-14,16,23-24,26-27,30,35,38H,7,15,17-22,25H2,1-6H3,(H,52,54)(H,53,59)(H,55,62). The molecule has 15 nitrogen and oxygen atoms in total. The molecule has 3 N–H and O–H groups in total. The van der Waals surface area contributed by atoms with Gasteiger partial charge >= 0.3 is 12.5 Å². The second-order valence-corrected chi connectivity index (χ2v) is 17.8. The van der Waals surface area contributed by atoms with E-state index < -0.39 is 53.0 Å². The number of hydrogen-bond acceptors (Lipinski definition) is 10. The van der Waals surface area contributed by atoms with Gasteiger partial charge in [0.25, 0.3) is 5.91 Å². The first kappa shape index (κ1) is 46.7. The maximum absolute atomic E-state index is 16.1. The van der Waals surface area contributed by atoms with Crippen molar-refractivity contribution >= 4 is 35.3 Å². The molecule has 3 saturated heterocycles. The van der Waals surface area contributed by atoms with Crippen LogP contribution in [0.2, 0.25) is 0 Å². The summed E-state index contributed by atoms with van der Waals surface area (Å²) in [4.78, 5) is 70.6. The SMILES string of the molecule is COC(=O)NC(C(=O)N1C(C)CCC1c1ncc(-c2ccc(-c3ccc(C(=O)Nc4ccc(N5CCN(C(=O)C(C)(C)C)CC5C)nc4)c(F)c3OC(F)(F)F)cc2)[nH]1)C1CCOCC1. The van der Waals surface area contributed by atoms with Crippen molar-refractivity contribution < 1.29 is 51.0 Å². The fraction of sp³-hybridized carbons (Fsp3) is 0.478. The number of amides is 4. The number of imidazole rings is 1. The lowest BCUT2D eigenvalue weighted by atomic mass is 9.90. The van der Waals surface area contributed by atoms with Crippen LogP contribution in [0.15, 0.2) is 60.9 Å². The number of alkyl carbamates (subject to hydrolysis) is 1. The number of anilines is 2. The maximum atomic E-state index is 16.1. The van der Waals surface area contributed by atoms with Gasteiger partial charge in [-0.15, -0.1) is 13.2 Å². The Morgan fingerprint density at radius 1 is 0.877 bits per heavy atom. The fourth-order valence-electron chi connectivity index (χ4n) is 8.84. The van der Waals surface area contributed by atoms with E-state index in [2.05, 4.69) is 30.3 Å². The van der Waals surface area contributed by atoms with Gasteiger partial charge in [0.1, 0.15) is 17.7 Å². The topological polar surface area (TPSA) is 171 Å². The Balaban J connectivity index is 1.06. The van der Waals surface area contributed by atoms with Gasteiger partial charge in [-0.25, -0.2) is 19.2 Å². The molecule has 4 atom stereocenters. The number of benzene rings is 2. The van der Waals surface area contributed by atoms with Crippen LogP contribution in [0, 0.1) is 17.2 Å². The smallest absolute Gasteiger partial charge is 0.453 e. The van der Waals surface area contributed by atoms with Gasteiger partial charge in [-0.2, -0.15) is 0 Å². The number of piperazine rings is 1. The average molecular weight is 907 g/mol. The van der Waals surface area contributed by atoms with Gasteiger partial charge in [0.05, 0.1) is 42.5 Å². The van der Waals surface area contributed by atoms with E-state index in [9.17, 15) is 32.3 Å². The maximum Gasteiger partial charge on any atom is 0.573 e. The molecule has 19 heteroatoms. The summed E-state index contributed by atoms with van der Waals surface area (Å²) in [7, 11) is 1.24. The highest BCUT2D eigenvalue weighted by Crippen LogP contribution is 2.40. The van der Waals surface area contributed by atoms with E-state index in [1.165, 1.54) is 31.5 Å². The summed E-state index contributed by atoms with van der Waals surface area (Å²) in [5, 5.41) is 5.26. The Bertz CT molecular complexity index is 2360. The zero-order valence-corrected chi connectivity index (χ0v) is 37.1. The minimum absolute atomic E-state index is 0.0475. The zero-order chi connectivity index (χ0) is 46.8. The number of nitrogens with zero attached hydrogens (tertiary/aromatic N) is 5. The summed E-state index contributed by atoms with van der Waals surface area (Å²) >= 11 is 0. The number of alkyl halides is 3. The van der Waals surface area contributed by atoms with Crippen molar-refractivity contribution in [3.8, 4) is 28.1 Å². The van der Waals surface area contributed by atoms with Gasteiger partial charge in [0.2, 0.25) is 11.8 Å². The number of H-pyrrole nitrogens is 1. The van der Waals surface area contributed by atoms with Crippen LogP contribution in [0.1, 0.15) is 82.5 Å².